The van der Waals surface area contributed by atoms with Crippen molar-refractivity contribution in [3.8, 4) is 0 Å². The summed E-state index contributed by atoms with van der Waals surface area (Å²) in [5.41, 5.74) is 1.45. The van der Waals surface area contributed by atoms with E-state index in [1.54, 1.807) is 18.3 Å². The molecule has 0 N–H and O–H groups in total. The lowest BCUT2D eigenvalue weighted by Gasteiger charge is -2.04. The average Bonchev–Trinajstić information content (AvgIpc) is 2.52. The van der Waals surface area contributed by atoms with Crippen molar-refractivity contribution in [3.05, 3.63) is 66.0 Å². The molecule has 4 nitrogen and oxygen atoms in total. The number of hydrogen-bond acceptors (Lipinski definition) is 4. The predicted octanol–water partition coefficient (Wildman–Crippen LogP) is 2.79. The van der Waals surface area contributed by atoms with E-state index in [1.807, 2.05) is 30.3 Å². The summed E-state index contributed by atoms with van der Waals surface area (Å²) in [7, 11) is 0. The van der Waals surface area contributed by atoms with Crippen LogP contribution in [0.5, 0.6) is 0 Å². The number of carbonyl (C=O) groups is 2. The first kappa shape index (κ1) is 13.9. The van der Waals surface area contributed by atoms with E-state index in [9.17, 15) is 9.59 Å². The zero-order valence-electron chi connectivity index (χ0n) is 11.0. The number of carbonyl (C=O) groups excluding carboxylic acids is 2. The number of rotatable bonds is 6. The second-order valence-electron chi connectivity index (χ2n) is 4.31. The van der Waals surface area contributed by atoms with Crippen LogP contribution in [0.2, 0.25) is 0 Å². The van der Waals surface area contributed by atoms with Gasteiger partial charge in [0.15, 0.2) is 5.78 Å². The number of ketones is 1. The summed E-state index contributed by atoms with van der Waals surface area (Å²) in [6.07, 6.45) is 3.32. The number of aromatic nitrogens is 1. The molecule has 0 aliphatic heterocycles. The SMILES string of the molecule is O=C(CCC(=O)c1cccnc1)OCc1ccccc1. The summed E-state index contributed by atoms with van der Waals surface area (Å²) < 4.78 is 5.11. The predicted molar refractivity (Wildman–Crippen MR) is 74.0 cm³/mol. The van der Waals surface area contributed by atoms with Gasteiger partial charge in [0, 0.05) is 24.4 Å². The van der Waals surface area contributed by atoms with Gasteiger partial charge in [-0.15, -0.1) is 0 Å². The summed E-state index contributed by atoms with van der Waals surface area (Å²) >= 11 is 0. The molecule has 0 aliphatic carbocycles. The number of benzene rings is 1. The quantitative estimate of drug-likeness (QED) is 0.597. The second kappa shape index (κ2) is 7.19. The van der Waals surface area contributed by atoms with Gasteiger partial charge in [0.25, 0.3) is 0 Å². The van der Waals surface area contributed by atoms with Crippen LogP contribution < -0.4 is 0 Å². The Morgan fingerprint density at radius 3 is 2.50 bits per heavy atom. The number of pyridine rings is 1. The van der Waals surface area contributed by atoms with Gasteiger partial charge in [0.05, 0.1) is 6.42 Å². The van der Waals surface area contributed by atoms with Crippen molar-refractivity contribution in [1.82, 2.24) is 4.98 Å². The number of nitrogens with zero attached hydrogens (tertiary/aromatic N) is 1. The van der Waals surface area contributed by atoms with E-state index in [1.165, 1.54) is 6.20 Å². The van der Waals surface area contributed by atoms with Crippen LogP contribution in [0.3, 0.4) is 0 Å². The molecule has 2 rings (SSSR count). The molecule has 0 spiro atoms. The van der Waals surface area contributed by atoms with Gasteiger partial charge in [0.2, 0.25) is 0 Å². The smallest absolute Gasteiger partial charge is 0.306 e. The van der Waals surface area contributed by atoms with Crippen LogP contribution in [0.4, 0.5) is 0 Å². The summed E-state index contributed by atoms with van der Waals surface area (Å²) in [4.78, 5) is 27.2. The standard InChI is InChI=1S/C16H15NO3/c18-15(14-7-4-10-17-11-14)8-9-16(19)20-12-13-5-2-1-3-6-13/h1-7,10-11H,8-9,12H2. The van der Waals surface area contributed by atoms with Crippen LogP contribution in [-0.4, -0.2) is 16.7 Å². The monoisotopic (exact) mass is 269 g/mol. The van der Waals surface area contributed by atoms with Gasteiger partial charge < -0.3 is 4.74 Å². The fraction of sp³-hybridized carbons (Fsp3) is 0.188. The summed E-state index contributed by atoms with van der Waals surface area (Å²) in [6.45, 7) is 0.237. The molecule has 0 fully saturated rings. The van der Waals surface area contributed by atoms with E-state index in [4.69, 9.17) is 4.74 Å². The molecule has 1 aromatic carbocycles. The normalized spacial score (nSPS) is 10.0. The number of esters is 1. The maximum absolute atomic E-state index is 11.8. The number of hydrogen-bond donors (Lipinski definition) is 0. The maximum Gasteiger partial charge on any atom is 0.306 e. The summed E-state index contributed by atoms with van der Waals surface area (Å²) in [5.74, 6) is -0.471. The minimum atomic E-state index is -0.369. The van der Waals surface area contributed by atoms with E-state index >= 15 is 0 Å². The molecule has 4 heteroatoms. The molecular formula is C16H15NO3. The highest BCUT2D eigenvalue weighted by Gasteiger charge is 2.10. The molecule has 0 unspecified atom stereocenters. The Bertz CT molecular complexity index is 567. The van der Waals surface area contributed by atoms with E-state index in [0.29, 0.717) is 5.56 Å². The fourth-order valence-electron chi connectivity index (χ4n) is 1.70. The summed E-state index contributed by atoms with van der Waals surface area (Å²) in [5, 5.41) is 0. The molecule has 1 aromatic heterocycles. The highest BCUT2D eigenvalue weighted by Crippen LogP contribution is 2.06. The average molecular weight is 269 g/mol. The molecule has 0 atom stereocenters. The van der Waals surface area contributed by atoms with Crippen molar-refractivity contribution in [2.45, 2.75) is 19.4 Å². The van der Waals surface area contributed by atoms with Gasteiger partial charge >= 0.3 is 5.97 Å². The molecule has 0 aliphatic rings. The molecule has 0 saturated heterocycles. The van der Waals surface area contributed by atoms with E-state index in [-0.39, 0.29) is 31.2 Å². The van der Waals surface area contributed by atoms with E-state index < -0.39 is 0 Å². The Hall–Kier alpha value is -2.49. The van der Waals surface area contributed by atoms with E-state index in [0.717, 1.165) is 5.56 Å². The molecular weight excluding hydrogens is 254 g/mol. The minimum Gasteiger partial charge on any atom is -0.461 e. The van der Waals surface area contributed by atoms with Crippen LogP contribution in [0.1, 0.15) is 28.8 Å². The van der Waals surface area contributed by atoms with Gasteiger partial charge in [-0.1, -0.05) is 30.3 Å². The Morgan fingerprint density at radius 1 is 1.00 bits per heavy atom. The van der Waals surface area contributed by atoms with Crippen LogP contribution >= 0.6 is 0 Å². The van der Waals surface area contributed by atoms with Gasteiger partial charge in [0.1, 0.15) is 6.61 Å². The molecule has 102 valence electrons. The first-order valence-corrected chi connectivity index (χ1v) is 6.38. The molecule has 1 heterocycles. The highest BCUT2D eigenvalue weighted by atomic mass is 16.5. The Labute approximate surface area is 117 Å². The maximum atomic E-state index is 11.8. The fourth-order valence-corrected chi connectivity index (χ4v) is 1.70. The third-order valence-electron chi connectivity index (χ3n) is 2.78. The topological polar surface area (TPSA) is 56.3 Å². The zero-order valence-corrected chi connectivity index (χ0v) is 11.0. The zero-order chi connectivity index (χ0) is 14.2. The van der Waals surface area contributed by atoms with Crippen LogP contribution in [-0.2, 0) is 16.1 Å². The number of Topliss-reactive ketones (excluding diaryl/α,β-unsaturated/α-hetero) is 1. The van der Waals surface area contributed by atoms with Gasteiger partial charge in [-0.25, -0.2) is 0 Å². The lowest BCUT2D eigenvalue weighted by molar-refractivity contribution is -0.144. The second-order valence-corrected chi connectivity index (χ2v) is 4.31. The van der Waals surface area contributed by atoms with Gasteiger partial charge in [-0.05, 0) is 17.7 Å². The molecule has 2 aromatic rings. The van der Waals surface area contributed by atoms with Crippen molar-refractivity contribution >= 4 is 11.8 Å². The molecule has 0 saturated carbocycles. The molecule has 20 heavy (non-hydrogen) atoms. The molecule has 0 amide bonds. The number of ether oxygens (including phenoxy) is 1. The van der Waals surface area contributed by atoms with Crippen molar-refractivity contribution in [1.29, 1.82) is 0 Å². The van der Waals surface area contributed by atoms with Crippen LogP contribution in [0, 0.1) is 0 Å². The van der Waals surface area contributed by atoms with E-state index in [2.05, 4.69) is 4.98 Å². The third-order valence-corrected chi connectivity index (χ3v) is 2.78. The van der Waals surface area contributed by atoms with Crippen LogP contribution in [0.25, 0.3) is 0 Å². The first-order chi connectivity index (χ1) is 9.75. The lowest BCUT2D eigenvalue weighted by Crippen LogP contribution is -2.08. The van der Waals surface area contributed by atoms with Crippen molar-refractivity contribution in [2.24, 2.45) is 0 Å². The Kier molecular flexibility index (Phi) is 5.00. The van der Waals surface area contributed by atoms with Gasteiger partial charge in [-0.3, -0.25) is 14.6 Å². The van der Waals surface area contributed by atoms with Crippen molar-refractivity contribution < 1.29 is 14.3 Å². The van der Waals surface area contributed by atoms with Crippen LogP contribution in [0.15, 0.2) is 54.9 Å². The largest absolute Gasteiger partial charge is 0.461 e. The van der Waals surface area contributed by atoms with Gasteiger partial charge in [-0.2, -0.15) is 0 Å². The van der Waals surface area contributed by atoms with Crippen molar-refractivity contribution in [3.63, 3.8) is 0 Å². The Balaban J connectivity index is 1.74. The molecule has 0 radical (unpaired) electrons. The summed E-state index contributed by atoms with van der Waals surface area (Å²) in [6, 6.07) is 12.8. The van der Waals surface area contributed by atoms with Crippen molar-refractivity contribution in [2.75, 3.05) is 0 Å². The molecule has 0 bridgehead atoms. The minimum absolute atomic E-state index is 0.0839. The third kappa shape index (κ3) is 4.31. The first-order valence-electron chi connectivity index (χ1n) is 6.38. The Morgan fingerprint density at radius 2 is 1.80 bits per heavy atom. The highest BCUT2D eigenvalue weighted by molar-refractivity contribution is 5.97. The lowest BCUT2D eigenvalue weighted by atomic mass is 10.1.